The summed E-state index contributed by atoms with van der Waals surface area (Å²) < 4.78 is 0. The quantitative estimate of drug-likeness (QED) is 0.866. The molecule has 0 aliphatic carbocycles. The summed E-state index contributed by atoms with van der Waals surface area (Å²) >= 11 is 0. The van der Waals surface area contributed by atoms with Gasteiger partial charge in [-0.2, -0.15) is 5.26 Å². The Balaban J connectivity index is 1.48. The third-order valence-electron chi connectivity index (χ3n) is 5.28. The predicted octanol–water partition coefficient (Wildman–Crippen LogP) is 2.44. The number of carbonyl (C=O) groups is 1. The molecule has 2 aliphatic rings. The van der Waals surface area contributed by atoms with Crippen LogP contribution in [0.25, 0.3) is 0 Å². The molecule has 0 saturated carbocycles. The Morgan fingerprint density at radius 2 is 2.04 bits per heavy atom. The number of amides is 1. The summed E-state index contributed by atoms with van der Waals surface area (Å²) in [6, 6.07) is 15.8. The van der Waals surface area contributed by atoms with Crippen molar-refractivity contribution >= 4 is 5.91 Å². The summed E-state index contributed by atoms with van der Waals surface area (Å²) in [5.41, 5.74) is 2.22. The first kappa shape index (κ1) is 15.8. The lowest BCUT2D eigenvalue weighted by atomic mass is 10.1. The van der Waals surface area contributed by atoms with Crippen molar-refractivity contribution < 1.29 is 4.79 Å². The van der Waals surface area contributed by atoms with Crippen LogP contribution in [0, 0.1) is 11.3 Å². The molecule has 2 aliphatic heterocycles. The fraction of sp³-hybridized carbons (Fsp3) is 0.350. The summed E-state index contributed by atoms with van der Waals surface area (Å²) in [7, 11) is 0. The van der Waals surface area contributed by atoms with Crippen LogP contribution in [-0.4, -0.2) is 45.9 Å². The minimum absolute atomic E-state index is 0.0456. The second-order valence-electron chi connectivity index (χ2n) is 6.69. The fourth-order valence-electron chi connectivity index (χ4n) is 4.11. The van der Waals surface area contributed by atoms with Gasteiger partial charge in [0.1, 0.15) is 0 Å². The van der Waals surface area contributed by atoms with E-state index in [0.717, 1.165) is 38.2 Å². The standard InChI is InChI=1S/C20H20N4O/c21-13-15-4-3-5-16(12-15)20(25)24-11-8-18-19(24)7-10-23(18)14-17-6-1-2-9-22-17/h1-6,9,12,18-19H,7-8,10-11,14H2/t18-,19+/m0/s1. The van der Waals surface area contributed by atoms with E-state index in [1.54, 1.807) is 24.3 Å². The van der Waals surface area contributed by atoms with Crippen molar-refractivity contribution in [2.24, 2.45) is 0 Å². The molecule has 4 rings (SSSR count). The Morgan fingerprint density at radius 3 is 2.84 bits per heavy atom. The fourth-order valence-corrected chi connectivity index (χ4v) is 4.11. The predicted molar refractivity (Wildman–Crippen MR) is 93.7 cm³/mol. The molecule has 126 valence electrons. The van der Waals surface area contributed by atoms with E-state index in [2.05, 4.69) is 22.0 Å². The number of aromatic nitrogens is 1. The van der Waals surface area contributed by atoms with E-state index in [4.69, 9.17) is 5.26 Å². The van der Waals surface area contributed by atoms with Gasteiger partial charge in [0.2, 0.25) is 0 Å². The Kier molecular flexibility index (Phi) is 4.21. The summed E-state index contributed by atoms with van der Waals surface area (Å²) in [4.78, 5) is 21.8. The molecular weight excluding hydrogens is 312 g/mol. The number of carbonyl (C=O) groups excluding carboxylic acids is 1. The van der Waals surface area contributed by atoms with E-state index in [-0.39, 0.29) is 11.9 Å². The highest BCUT2D eigenvalue weighted by Gasteiger charge is 2.44. The van der Waals surface area contributed by atoms with Crippen LogP contribution in [0.4, 0.5) is 0 Å². The molecular formula is C20H20N4O. The zero-order valence-electron chi connectivity index (χ0n) is 14.0. The van der Waals surface area contributed by atoms with Gasteiger partial charge in [0.05, 0.1) is 17.3 Å². The third kappa shape index (κ3) is 3.01. The Labute approximate surface area is 147 Å². The molecule has 2 atom stereocenters. The van der Waals surface area contributed by atoms with Crippen LogP contribution in [-0.2, 0) is 6.54 Å². The van der Waals surface area contributed by atoms with E-state index in [1.165, 1.54) is 0 Å². The van der Waals surface area contributed by atoms with E-state index in [1.807, 2.05) is 23.2 Å². The number of fused-ring (bicyclic) bond motifs is 1. The molecule has 1 aromatic carbocycles. The molecule has 5 nitrogen and oxygen atoms in total. The van der Waals surface area contributed by atoms with Crippen molar-refractivity contribution in [3.05, 3.63) is 65.5 Å². The molecule has 5 heteroatoms. The van der Waals surface area contributed by atoms with Crippen LogP contribution in [0.1, 0.15) is 34.5 Å². The Morgan fingerprint density at radius 1 is 1.16 bits per heavy atom. The van der Waals surface area contributed by atoms with E-state index >= 15 is 0 Å². The summed E-state index contributed by atoms with van der Waals surface area (Å²) in [5.74, 6) is 0.0456. The minimum atomic E-state index is 0.0456. The van der Waals surface area contributed by atoms with Crippen molar-refractivity contribution in [1.82, 2.24) is 14.8 Å². The topological polar surface area (TPSA) is 60.2 Å². The van der Waals surface area contributed by atoms with Crippen LogP contribution in [0.5, 0.6) is 0 Å². The zero-order valence-corrected chi connectivity index (χ0v) is 14.0. The lowest BCUT2D eigenvalue weighted by Crippen LogP contribution is -2.39. The van der Waals surface area contributed by atoms with Gasteiger partial charge >= 0.3 is 0 Å². The van der Waals surface area contributed by atoms with Gasteiger partial charge < -0.3 is 4.90 Å². The van der Waals surface area contributed by atoms with Crippen LogP contribution in [0.2, 0.25) is 0 Å². The summed E-state index contributed by atoms with van der Waals surface area (Å²) in [5, 5.41) is 9.05. The zero-order chi connectivity index (χ0) is 17.2. The van der Waals surface area contributed by atoms with Crippen molar-refractivity contribution in [2.75, 3.05) is 13.1 Å². The Hall–Kier alpha value is -2.71. The average molecular weight is 332 g/mol. The van der Waals surface area contributed by atoms with E-state index in [0.29, 0.717) is 17.2 Å². The number of benzene rings is 1. The SMILES string of the molecule is N#Cc1cccc(C(=O)N2CC[C@H]3[C@H]2CCN3Cc2ccccn2)c1. The number of nitriles is 1. The monoisotopic (exact) mass is 332 g/mol. The Bertz CT molecular complexity index is 814. The van der Waals surface area contributed by atoms with Gasteiger partial charge in [-0.05, 0) is 43.2 Å². The van der Waals surface area contributed by atoms with Crippen LogP contribution in [0.15, 0.2) is 48.7 Å². The highest BCUT2D eigenvalue weighted by atomic mass is 16.2. The van der Waals surface area contributed by atoms with Crippen molar-refractivity contribution in [1.29, 1.82) is 5.26 Å². The largest absolute Gasteiger partial charge is 0.334 e. The summed E-state index contributed by atoms with van der Waals surface area (Å²) in [6.07, 6.45) is 3.83. The molecule has 0 bridgehead atoms. The molecule has 2 saturated heterocycles. The van der Waals surface area contributed by atoms with Crippen molar-refractivity contribution in [3.63, 3.8) is 0 Å². The maximum Gasteiger partial charge on any atom is 0.254 e. The second kappa shape index (κ2) is 6.66. The molecule has 0 spiro atoms. The number of likely N-dealkylation sites (tertiary alicyclic amines) is 2. The van der Waals surface area contributed by atoms with Gasteiger partial charge in [-0.1, -0.05) is 12.1 Å². The van der Waals surface area contributed by atoms with Gasteiger partial charge in [-0.25, -0.2) is 0 Å². The highest BCUT2D eigenvalue weighted by Crippen LogP contribution is 2.33. The molecule has 2 fully saturated rings. The van der Waals surface area contributed by atoms with Crippen LogP contribution >= 0.6 is 0 Å². The van der Waals surface area contributed by atoms with Crippen molar-refractivity contribution in [3.8, 4) is 6.07 Å². The molecule has 0 N–H and O–H groups in total. The van der Waals surface area contributed by atoms with Gasteiger partial charge in [-0.15, -0.1) is 0 Å². The molecule has 0 unspecified atom stereocenters. The second-order valence-corrected chi connectivity index (χ2v) is 6.69. The van der Waals surface area contributed by atoms with Crippen LogP contribution in [0.3, 0.4) is 0 Å². The van der Waals surface area contributed by atoms with E-state index in [9.17, 15) is 4.79 Å². The third-order valence-corrected chi connectivity index (χ3v) is 5.28. The molecule has 0 radical (unpaired) electrons. The first-order chi connectivity index (χ1) is 12.3. The number of hydrogen-bond donors (Lipinski definition) is 0. The number of nitrogens with zero attached hydrogens (tertiary/aromatic N) is 4. The lowest BCUT2D eigenvalue weighted by Gasteiger charge is -2.25. The van der Waals surface area contributed by atoms with Gasteiger partial charge in [0, 0.05) is 43.5 Å². The number of hydrogen-bond acceptors (Lipinski definition) is 4. The summed E-state index contributed by atoms with van der Waals surface area (Å²) in [6.45, 7) is 2.62. The minimum Gasteiger partial charge on any atom is -0.334 e. The normalized spacial score (nSPS) is 22.6. The molecule has 3 heterocycles. The first-order valence-electron chi connectivity index (χ1n) is 8.71. The molecule has 2 aromatic rings. The molecule has 25 heavy (non-hydrogen) atoms. The average Bonchev–Trinajstić information content (AvgIpc) is 3.25. The molecule has 1 amide bonds. The van der Waals surface area contributed by atoms with Crippen molar-refractivity contribution in [2.45, 2.75) is 31.5 Å². The lowest BCUT2D eigenvalue weighted by molar-refractivity contribution is 0.0732. The highest BCUT2D eigenvalue weighted by molar-refractivity contribution is 5.95. The first-order valence-corrected chi connectivity index (χ1v) is 8.71. The van der Waals surface area contributed by atoms with Crippen LogP contribution < -0.4 is 0 Å². The van der Waals surface area contributed by atoms with Gasteiger partial charge in [-0.3, -0.25) is 14.7 Å². The maximum atomic E-state index is 12.9. The smallest absolute Gasteiger partial charge is 0.254 e. The van der Waals surface area contributed by atoms with Gasteiger partial charge in [0.25, 0.3) is 5.91 Å². The number of pyridine rings is 1. The molecule has 1 aromatic heterocycles. The van der Waals surface area contributed by atoms with E-state index < -0.39 is 0 Å². The number of rotatable bonds is 3. The van der Waals surface area contributed by atoms with Gasteiger partial charge in [0.15, 0.2) is 0 Å². The maximum absolute atomic E-state index is 12.9.